The van der Waals surface area contributed by atoms with Crippen molar-refractivity contribution in [3.05, 3.63) is 48.0 Å². The molecule has 3 rings (SSSR count). The van der Waals surface area contributed by atoms with Crippen LogP contribution in [0.15, 0.2) is 47.5 Å². The summed E-state index contributed by atoms with van der Waals surface area (Å²) in [5, 5.41) is 9.77. The van der Waals surface area contributed by atoms with Gasteiger partial charge in [-0.25, -0.2) is 4.99 Å². The molecular formula is C22H32IN3OS. The van der Waals surface area contributed by atoms with Crippen LogP contribution in [-0.2, 0) is 17.3 Å². The van der Waals surface area contributed by atoms with Crippen LogP contribution in [0.4, 0.5) is 0 Å². The third kappa shape index (κ3) is 6.44. The lowest BCUT2D eigenvalue weighted by atomic mass is 9.95. The van der Waals surface area contributed by atoms with Crippen molar-refractivity contribution in [1.29, 1.82) is 0 Å². The molecule has 28 heavy (non-hydrogen) atoms. The molecule has 4 nitrogen and oxygen atoms in total. The van der Waals surface area contributed by atoms with Gasteiger partial charge in [0.2, 0.25) is 0 Å². The molecule has 1 aliphatic rings. The van der Waals surface area contributed by atoms with E-state index in [1.165, 1.54) is 16.3 Å². The number of benzene rings is 2. The van der Waals surface area contributed by atoms with Crippen molar-refractivity contribution in [2.24, 2.45) is 4.99 Å². The number of nitrogens with one attached hydrogen (secondary N) is 2. The summed E-state index contributed by atoms with van der Waals surface area (Å²) in [5.74, 6) is 1.62. The molecule has 1 aliphatic carbocycles. The molecule has 3 atom stereocenters. The summed E-state index contributed by atoms with van der Waals surface area (Å²) in [7, 11) is -0.700. The van der Waals surface area contributed by atoms with E-state index in [0.717, 1.165) is 43.9 Å². The van der Waals surface area contributed by atoms with E-state index in [1.807, 2.05) is 6.92 Å². The molecule has 0 bridgehead atoms. The molecule has 2 aromatic rings. The number of hydrogen-bond acceptors (Lipinski definition) is 2. The van der Waals surface area contributed by atoms with Crippen molar-refractivity contribution in [3.8, 4) is 0 Å². The second-order valence-electron chi connectivity index (χ2n) is 7.18. The summed E-state index contributed by atoms with van der Waals surface area (Å²) in [6.07, 6.45) is 4.32. The Morgan fingerprint density at radius 1 is 1.14 bits per heavy atom. The summed E-state index contributed by atoms with van der Waals surface area (Å²) in [5.41, 5.74) is 1.21. The lowest BCUT2D eigenvalue weighted by Gasteiger charge is -2.30. The van der Waals surface area contributed by atoms with E-state index in [2.05, 4.69) is 60.0 Å². The summed E-state index contributed by atoms with van der Waals surface area (Å²) < 4.78 is 12.2. The van der Waals surface area contributed by atoms with Gasteiger partial charge in [-0.05, 0) is 48.6 Å². The lowest BCUT2D eigenvalue weighted by Crippen LogP contribution is -2.46. The van der Waals surface area contributed by atoms with Crippen molar-refractivity contribution in [2.75, 3.05) is 12.3 Å². The van der Waals surface area contributed by atoms with E-state index in [9.17, 15) is 4.21 Å². The maximum Gasteiger partial charge on any atom is 0.191 e. The molecule has 2 N–H and O–H groups in total. The first-order chi connectivity index (χ1) is 13.2. The zero-order valence-corrected chi connectivity index (χ0v) is 20.0. The first-order valence-electron chi connectivity index (χ1n) is 10.1. The van der Waals surface area contributed by atoms with Gasteiger partial charge in [-0.2, -0.15) is 0 Å². The highest BCUT2D eigenvalue weighted by Crippen LogP contribution is 2.23. The quantitative estimate of drug-likeness (QED) is 0.338. The first kappa shape index (κ1) is 23.1. The summed E-state index contributed by atoms with van der Waals surface area (Å²) >= 11 is 0. The monoisotopic (exact) mass is 513 g/mol. The molecule has 2 aromatic carbocycles. The highest BCUT2D eigenvalue weighted by Gasteiger charge is 2.25. The molecule has 1 saturated carbocycles. The minimum atomic E-state index is -0.700. The molecule has 3 unspecified atom stereocenters. The predicted molar refractivity (Wildman–Crippen MR) is 132 cm³/mol. The molecule has 154 valence electrons. The van der Waals surface area contributed by atoms with E-state index in [-0.39, 0.29) is 24.0 Å². The van der Waals surface area contributed by atoms with Gasteiger partial charge in [-0.3, -0.25) is 4.21 Å². The number of fused-ring (bicyclic) bond motifs is 1. The Kier molecular flexibility index (Phi) is 9.71. The molecule has 0 aromatic heterocycles. The molecule has 6 heteroatoms. The van der Waals surface area contributed by atoms with Gasteiger partial charge in [-0.15, -0.1) is 24.0 Å². The number of halogens is 1. The Labute approximate surface area is 188 Å². The minimum Gasteiger partial charge on any atom is -0.357 e. The third-order valence-corrected chi connectivity index (χ3v) is 6.94. The normalized spacial score (nSPS) is 21.0. The predicted octanol–water partition coefficient (Wildman–Crippen LogP) is 4.59. The first-order valence-corrected chi connectivity index (χ1v) is 11.5. The second-order valence-corrected chi connectivity index (χ2v) is 9.18. The van der Waals surface area contributed by atoms with Crippen LogP contribution in [0.1, 0.15) is 45.1 Å². The Morgan fingerprint density at radius 3 is 2.68 bits per heavy atom. The van der Waals surface area contributed by atoms with Gasteiger partial charge in [0.05, 0.1) is 6.54 Å². The second kappa shape index (κ2) is 11.8. The topological polar surface area (TPSA) is 53.5 Å². The van der Waals surface area contributed by atoms with Crippen LogP contribution in [0.2, 0.25) is 0 Å². The van der Waals surface area contributed by atoms with Gasteiger partial charge < -0.3 is 10.6 Å². The maximum atomic E-state index is 12.2. The van der Waals surface area contributed by atoms with Crippen molar-refractivity contribution >= 4 is 51.5 Å². The van der Waals surface area contributed by atoms with E-state index in [4.69, 9.17) is 4.99 Å². The molecule has 0 radical (unpaired) electrons. The van der Waals surface area contributed by atoms with Crippen LogP contribution in [0.5, 0.6) is 0 Å². The standard InChI is InChI=1S/C22H31N3OS.HI/c1-3-23-22(25-20-10-7-11-21(15-20)27(26)4-2)24-16-17-12-13-18-8-5-6-9-19(18)14-17;/h5-6,8-9,12-14,20-21H,3-4,7,10-11,15-16H2,1-2H3,(H2,23,24,25);1H. The molecule has 0 saturated heterocycles. The van der Waals surface area contributed by atoms with E-state index in [0.29, 0.717) is 17.8 Å². The van der Waals surface area contributed by atoms with E-state index < -0.39 is 10.8 Å². The van der Waals surface area contributed by atoms with Crippen LogP contribution in [0.25, 0.3) is 10.8 Å². The molecule has 0 heterocycles. The Bertz CT molecular complexity index is 811. The van der Waals surface area contributed by atoms with Crippen LogP contribution >= 0.6 is 24.0 Å². The van der Waals surface area contributed by atoms with E-state index >= 15 is 0 Å². The van der Waals surface area contributed by atoms with Crippen molar-refractivity contribution in [2.45, 2.75) is 57.4 Å². The van der Waals surface area contributed by atoms with Crippen LogP contribution in [0.3, 0.4) is 0 Å². The number of aliphatic imine (C=N–C) groups is 1. The number of rotatable bonds is 6. The molecule has 0 aliphatic heterocycles. The average Bonchev–Trinajstić information content (AvgIpc) is 2.71. The highest BCUT2D eigenvalue weighted by molar-refractivity contribution is 14.0. The third-order valence-electron chi connectivity index (χ3n) is 5.20. The Hall–Kier alpha value is -1.15. The van der Waals surface area contributed by atoms with Gasteiger partial charge in [-0.1, -0.05) is 49.7 Å². The van der Waals surface area contributed by atoms with Gasteiger partial charge >= 0.3 is 0 Å². The van der Waals surface area contributed by atoms with Gasteiger partial charge in [0.15, 0.2) is 5.96 Å². The van der Waals surface area contributed by atoms with Crippen LogP contribution < -0.4 is 10.6 Å². The minimum absolute atomic E-state index is 0. The summed E-state index contributed by atoms with van der Waals surface area (Å²) in [4.78, 5) is 4.79. The number of guanidine groups is 1. The molecule has 1 fully saturated rings. The fraction of sp³-hybridized carbons (Fsp3) is 0.500. The number of nitrogens with zero attached hydrogens (tertiary/aromatic N) is 1. The zero-order valence-electron chi connectivity index (χ0n) is 16.8. The smallest absolute Gasteiger partial charge is 0.191 e. The van der Waals surface area contributed by atoms with Gasteiger partial charge in [0, 0.05) is 34.4 Å². The molecule has 0 amide bonds. The van der Waals surface area contributed by atoms with Gasteiger partial charge in [0.1, 0.15) is 0 Å². The number of hydrogen-bond donors (Lipinski definition) is 2. The fourth-order valence-electron chi connectivity index (χ4n) is 3.77. The van der Waals surface area contributed by atoms with Crippen molar-refractivity contribution < 1.29 is 4.21 Å². The van der Waals surface area contributed by atoms with Crippen LogP contribution in [-0.4, -0.2) is 33.8 Å². The maximum absolute atomic E-state index is 12.2. The van der Waals surface area contributed by atoms with Crippen molar-refractivity contribution in [3.63, 3.8) is 0 Å². The Morgan fingerprint density at radius 2 is 1.93 bits per heavy atom. The SMILES string of the molecule is CCNC(=NCc1ccc2ccccc2c1)NC1CCCC(S(=O)CC)C1.I. The highest BCUT2D eigenvalue weighted by atomic mass is 127. The lowest BCUT2D eigenvalue weighted by molar-refractivity contribution is 0.413. The summed E-state index contributed by atoms with van der Waals surface area (Å²) in [6, 6.07) is 15.3. The largest absolute Gasteiger partial charge is 0.357 e. The molecular weight excluding hydrogens is 481 g/mol. The van der Waals surface area contributed by atoms with Crippen LogP contribution in [0, 0.1) is 0 Å². The van der Waals surface area contributed by atoms with Gasteiger partial charge in [0.25, 0.3) is 0 Å². The average molecular weight is 513 g/mol. The zero-order chi connectivity index (χ0) is 19.1. The fourth-order valence-corrected chi connectivity index (χ4v) is 5.12. The van der Waals surface area contributed by atoms with Crippen molar-refractivity contribution in [1.82, 2.24) is 10.6 Å². The Balaban J connectivity index is 0.00000280. The molecule has 0 spiro atoms. The van der Waals surface area contributed by atoms with E-state index in [1.54, 1.807) is 0 Å². The summed E-state index contributed by atoms with van der Waals surface area (Å²) in [6.45, 7) is 5.59.